The third-order valence-electron chi connectivity index (χ3n) is 3.36. The first-order valence-electron chi connectivity index (χ1n) is 6.73. The predicted octanol–water partition coefficient (Wildman–Crippen LogP) is 3.80. The lowest BCUT2D eigenvalue weighted by molar-refractivity contribution is -0.119. The Balaban J connectivity index is 2.03. The van der Waals surface area contributed by atoms with Crippen LogP contribution in [0.25, 0.3) is 0 Å². The normalized spacial score (nSPS) is 11.6. The summed E-state index contributed by atoms with van der Waals surface area (Å²) in [5, 5.41) is 9.25. The molecule has 0 spiro atoms. The maximum absolute atomic E-state index is 12.2. The van der Waals surface area contributed by atoms with E-state index in [1.165, 1.54) is 0 Å². The molecule has 0 saturated heterocycles. The van der Waals surface area contributed by atoms with Crippen molar-refractivity contribution < 1.29 is 4.79 Å². The molecular formula is C18H17NO. The Labute approximate surface area is 119 Å². The van der Waals surface area contributed by atoms with Crippen LogP contribution < -0.4 is 0 Å². The number of carbonyl (C=O) groups excluding carboxylic acids is 1. The summed E-state index contributed by atoms with van der Waals surface area (Å²) in [5.41, 5.74) is 3.04. The number of ketones is 1. The molecule has 0 radical (unpaired) electrons. The van der Waals surface area contributed by atoms with Crippen molar-refractivity contribution in [3.05, 3.63) is 71.3 Å². The molecule has 0 aliphatic carbocycles. The third kappa shape index (κ3) is 3.55. The number of aryl methyl sites for hydroxylation is 2. The smallest absolute Gasteiger partial charge is 0.154 e. The largest absolute Gasteiger partial charge is 0.298 e. The van der Waals surface area contributed by atoms with Crippen LogP contribution in [0.15, 0.2) is 54.6 Å². The predicted molar refractivity (Wildman–Crippen MR) is 79.3 cm³/mol. The van der Waals surface area contributed by atoms with Gasteiger partial charge in [0.05, 0.1) is 6.07 Å². The monoisotopic (exact) mass is 263 g/mol. The number of benzene rings is 2. The summed E-state index contributed by atoms with van der Waals surface area (Å²) < 4.78 is 0. The van der Waals surface area contributed by atoms with Crippen molar-refractivity contribution >= 4 is 5.78 Å². The highest BCUT2D eigenvalue weighted by molar-refractivity contribution is 5.88. The van der Waals surface area contributed by atoms with E-state index in [1.807, 2.05) is 61.5 Å². The summed E-state index contributed by atoms with van der Waals surface area (Å²) in [6, 6.07) is 19.6. The van der Waals surface area contributed by atoms with Crippen molar-refractivity contribution in [3.63, 3.8) is 0 Å². The fourth-order valence-corrected chi connectivity index (χ4v) is 2.15. The minimum Gasteiger partial charge on any atom is -0.298 e. The van der Waals surface area contributed by atoms with Gasteiger partial charge in [0.1, 0.15) is 5.92 Å². The van der Waals surface area contributed by atoms with E-state index in [0.29, 0.717) is 12.8 Å². The zero-order valence-corrected chi connectivity index (χ0v) is 11.5. The first-order chi connectivity index (χ1) is 9.70. The second kappa shape index (κ2) is 6.68. The van der Waals surface area contributed by atoms with E-state index in [-0.39, 0.29) is 5.78 Å². The van der Waals surface area contributed by atoms with Crippen LogP contribution >= 0.6 is 0 Å². The van der Waals surface area contributed by atoms with Crippen molar-refractivity contribution in [1.29, 1.82) is 5.26 Å². The Hall–Kier alpha value is -2.40. The summed E-state index contributed by atoms with van der Waals surface area (Å²) in [6.45, 7) is 1.99. The van der Waals surface area contributed by atoms with E-state index in [0.717, 1.165) is 16.7 Å². The summed E-state index contributed by atoms with van der Waals surface area (Å²) in [4.78, 5) is 12.2. The van der Waals surface area contributed by atoms with Gasteiger partial charge in [-0.05, 0) is 24.5 Å². The Morgan fingerprint density at radius 1 is 1.10 bits per heavy atom. The maximum Gasteiger partial charge on any atom is 0.154 e. The zero-order valence-electron chi connectivity index (χ0n) is 11.5. The van der Waals surface area contributed by atoms with Crippen LogP contribution in [-0.4, -0.2) is 5.78 Å². The number of hydrogen-bond acceptors (Lipinski definition) is 2. The SMILES string of the molecule is Cc1ccc(C(C#N)C(=O)CCc2ccccc2)cc1. The molecule has 0 aliphatic heterocycles. The van der Waals surface area contributed by atoms with E-state index in [2.05, 4.69) is 6.07 Å². The molecule has 2 nitrogen and oxygen atoms in total. The first kappa shape index (κ1) is 14.0. The van der Waals surface area contributed by atoms with Crippen molar-refractivity contribution in [2.24, 2.45) is 0 Å². The highest BCUT2D eigenvalue weighted by Gasteiger charge is 2.19. The Morgan fingerprint density at radius 2 is 1.75 bits per heavy atom. The molecular weight excluding hydrogens is 246 g/mol. The molecule has 1 atom stereocenters. The number of carbonyl (C=O) groups is 1. The molecule has 100 valence electrons. The molecule has 0 heterocycles. The second-order valence-corrected chi connectivity index (χ2v) is 4.92. The minimum atomic E-state index is -0.653. The molecule has 0 aromatic heterocycles. The highest BCUT2D eigenvalue weighted by Crippen LogP contribution is 2.19. The number of hydrogen-bond donors (Lipinski definition) is 0. The lowest BCUT2D eigenvalue weighted by Gasteiger charge is -2.09. The van der Waals surface area contributed by atoms with Crippen LogP contribution in [-0.2, 0) is 11.2 Å². The standard InChI is InChI=1S/C18H17NO/c1-14-7-10-16(11-8-14)17(13-19)18(20)12-9-15-5-3-2-4-6-15/h2-8,10-11,17H,9,12H2,1H3. The summed E-state index contributed by atoms with van der Waals surface area (Å²) >= 11 is 0. The zero-order chi connectivity index (χ0) is 14.4. The molecule has 2 rings (SSSR count). The summed E-state index contributed by atoms with van der Waals surface area (Å²) in [5.74, 6) is -0.667. The van der Waals surface area contributed by atoms with Crippen LogP contribution in [0.4, 0.5) is 0 Å². The molecule has 1 unspecified atom stereocenters. The van der Waals surface area contributed by atoms with Gasteiger partial charge in [0.2, 0.25) is 0 Å². The lowest BCUT2D eigenvalue weighted by atomic mass is 9.92. The van der Waals surface area contributed by atoms with E-state index >= 15 is 0 Å². The quantitative estimate of drug-likeness (QED) is 0.823. The second-order valence-electron chi connectivity index (χ2n) is 4.92. The van der Waals surface area contributed by atoms with Crippen LogP contribution in [0.2, 0.25) is 0 Å². The van der Waals surface area contributed by atoms with Gasteiger partial charge in [0, 0.05) is 6.42 Å². The van der Waals surface area contributed by atoms with E-state index in [4.69, 9.17) is 0 Å². The van der Waals surface area contributed by atoms with Crippen molar-refractivity contribution in [3.8, 4) is 6.07 Å². The van der Waals surface area contributed by atoms with Gasteiger partial charge in [0.15, 0.2) is 5.78 Å². The van der Waals surface area contributed by atoms with Gasteiger partial charge >= 0.3 is 0 Å². The van der Waals surface area contributed by atoms with E-state index in [9.17, 15) is 10.1 Å². The number of rotatable bonds is 5. The maximum atomic E-state index is 12.2. The Morgan fingerprint density at radius 3 is 2.35 bits per heavy atom. The van der Waals surface area contributed by atoms with Crippen molar-refractivity contribution in [2.75, 3.05) is 0 Å². The Bertz CT molecular complexity index is 608. The minimum absolute atomic E-state index is 0.0137. The fourth-order valence-electron chi connectivity index (χ4n) is 2.15. The van der Waals surface area contributed by atoms with Crippen LogP contribution in [0.1, 0.15) is 29.0 Å². The average molecular weight is 263 g/mol. The Kier molecular flexibility index (Phi) is 4.68. The molecule has 20 heavy (non-hydrogen) atoms. The lowest BCUT2D eigenvalue weighted by Crippen LogP contribution is -2.11. The van der Waals surface area contributed by atoms with Gasteiger partial charge < -0.3 is 0 Å². The summed E-state index contributed by atoms with van der Waals surface area (Å²) in [7, 11) is 0. The average Bonchev–Trinajstić information content (AvgIpc) is 2.49. The third-order valence-corrected chi connectivity index (χ3v) is 3.36. The molecule has 0 aliphatic rings. The van der Waals surface area contributed by atoms with Crippen molar-refractivity contribution in [1.82, 2.24) is 0 Å². The molecule has 2 aromatic carbocycles. The fraction of sp³-hybridized carbons (Fsp3) is 0.222. The van der Waals surface area contributed by atoms with Crippen LogP contribution in [0.3, 0.4) is 0 Å². The van der Waals surface area contributed by atoms with Gasteiger partial charge in [-0.3, -0.25) is 4.79 Å². The highest BCUT2D eigenvalue weighted by atomic mass is 16.1. The number of nitriles is 1. The van der Waals surface area contributed by atoms with Crippen LogP contribution in [0.5, 0.6) is 0 Å². The first-order valence-corrected chi connectivity index (χ1v) is 6.73. The van der Waals surface area contributed by atoms with Gasteiger partial charge in [0.25, 0.3) is 0 Å². The molecule has 2 aromatic rings. The van der Waals surface area contributed by atoms with Gasteiger partial charge in [-0.15, -0.1) is 0 Å². The van der Waals surface area contributed by atoms with E-state index in [1.54, 1.807) is 0 Å². The topological polar surface area (TPSA) is 40.9 Å². The molecule has 0 N–H and O–H groups in total. The molecule has 0 bridgehead atoms. The number of Topliss-reactive ketones (excluding diaryl/α,β-unsaturated/α-hetero) is 1. The van der Waals surface area contributed by atoms with Gasteiger partial charge in [-0.2, -0.15) is 5.26 Å². The van der Waals surface area contributed by atoms with Gasteiger partial charge in [-0.1, -0.05) is 60.2 Å². The molecule has 0 amide bonds. The number of nitrogens with zero attached hydrogens (tertiary/aromatic N) is 1. The summed E-state index contributed by atoms with van der Waals surface area (Å²) in [6.07, 6.45) is 1.08. The van der Waals surface area contributed by atoms with Crippen LogP contribution in [0, 0.1) is 18.3 Å². The molecule has 0 fully saturated rings. The molecule has 0 saturated carbocycles. The van der Waals surface area contributed by atoms with E-state index < -0.39 is 5.92 Å². The molecule has 2 heteroatoms. The van der Waals surface area contributed by atoms with Gasteiger partial charge in [-0.25, -0.2) is 0 Å². The van der Waals surface area contributed by atoms with Crippen molar-refractivity contribution in [2.45, 2.75) is 25.7 Å².